The van der Waals surface area contributed by atoms with E-state index in [9.17, 15) is 0 Å². The van der Waals surface area contributed by atoms with Crippen molar-refractivity contribution in [3.8, 4) is 0 Å². The second-order valence-corrected chi connectivity index (χ2v) is 5.10. The second-order valence-electron chi connectivity index (χ2n) is 4.66. The summed E-state index contributed by atoms with van der Waals surface area (Å²) in [5.74, 6) is 0. The molecule has 1 heterocycles. The van der Waals surface area contributed by atoms with Crippen LogP contribution < -0.4 is 10.6 Å². The van der Waals surface area contributed by atoms with Crippen molar-refractivity contribution in [1.29, 1.82) is 0 Å². The summed E-state index contributed by atoms with van der Waals surface area (Å²) in [4.78, 5) is 2.37. The molecule has 18 heavy (non-hydrogen) atoms. The van der Waals surface area contributed by atoms with Gasteiger partial charge in [0.2, 0.25) is 0 Å². The van der Waals surface area contributed by atoms with Crippen molar-refractivity contribution in [3.05, 3.63) is 28.8 Å². The number of anilines is 1. The Hall–Kier alpha value is -0.770. The predicted octanol–water partition coefficient (Wildman–Crippen LogP) is 2.46. The highest BCUT2D eigenvalue weighted by molar-refractivity contribution is 6.30. The summed E-state index contributed by atoms with van der Waals surface area (Å²) in [6.07, 6.45) is 2.26. The lowest BCUT2D eigenvalue weighted by atomic mass is 10.1. The minimum atomic E-state index is 0.323. The van der Waals surface area contributed by atoms with E-state index in [4.69, 9.17) is 22.1 Å². The molecule has 1 atom stereocenters. The molecule has 1 aliphatic rings. The van der Waals surface area contributed by atoms with E-state index in [-0.39, 0.29) is 0 Å². The molecule has 0 amide bonds. The zero-order valence-electron chi connectivity index (χ0n) is 10.9. The number of hydrogen-bond donors (Lipinski definition) is 1. The molecule has 0 aliphatic carbocycles. The summed E-state index contributed by atoms with van der Waals surface area (Å²) in [5.41, 5.74) is 8.17. The van der Waals surface area contributed by atoms with Gasteiger partial charge in [0.1, 0.15) is 0 Å². The van der Waals surface area contributed by atoms with Crippen LogP contribution in [0.4, 0.5) is 5.69 Å². The van der Waals surface area contributed by atoms with Crippen LogP contribution in [-0.4, -0.2) is 32.3 Å². The van der Waals surface area contributed by atoms with E-state index < -0.39 is 0 Å². The summed E-state index contributed by atoms with van der Waals surface area (Å²) in [5, 5.41) is 0.783. The van der Waals surface area contributed by atoms with Crippen LogP contribution in [0.1, 0.15) is 18.9 Å². The summed E-state index contributed by atoms with van der Waals surface area (Å²) < 4.78 is 5.71. The van der Waals surface area contributed by atoms with Crippen LogP contribution in [0, 0.1) is 0 Å². The van der Waals surface area contributed by atoms with E-state index >= 15 is 0 Å². The highest BCUT2D eigenvalue weighted by Gasteiger charge is 2.21. The van der Waals surface area contributed by atoms with Crippen molar-refractivity contribution in [3.63, 3.8) is 0 Å². The normalized spacial score (nSPS) is 20.2. The van der Waals surface area contributed by atoms with E-state index in [0.717, 1.165) is 37.6 Å². The van der Waals surface area contributed by atoms with Crippen LogP contribution in [0.3, 0.4) is 0 Å². The summed E-state index contributed by atoms with van der Waals surface area (Å²) in [6, 6.07) is 6.07. The number of benzene rings is 1. The maximum Gasteiger partial charge on any atom is 0.0748 e. The monoisotopic (exact) mass is 268 g/mol. The molecule has 100 valence electrons. The number of nitrogens with two attached hydrogens (primary N) is 1. The van der Waals surface area contributed by atoms with Gasteiger partial charge in [-0.05, 0) is 37.1 Å². The number of ether oxygens (including phenoxy) is 1. The second kappa shape index (κ2) is 6.41. The Balaban J connectivity index is 2.22. The van der Waals surface area contributed by atoms with Crippen molar-refractivity contribution < 1.29 is 4.74 Å². The molecule has 0 spiro atoms. The van der Waals surface area contributed by atoms with E-state index in [0.29, 0.717) is 12.6 Å². The number of morpholine rings is 1. The molecular weight excluding hydrogens is 248 g/mol. The highest BCUT2D eigenvalue weighted by atomic mass is 35.5. The molecule has 1 aliphatic heterocycles. The number of rotatable bonds is 4. The summed E-state index contributed by atoms with van der Waals surface area (Å²) in [6.45, 7) is 5.47. The van der Waals surface area contributed by atoms with Gasteiger partial charge in [0.25, 0.3) is 0 Å². The zero-order valence-corrected chi connectivity index (χ0v) is 11.6. The van der Waals surface area contributed by atoms with E-state index in [1.54, 1.807) is 0 Å². The number of hydrogen-bond acceptors (Lipinski definition) is 3. The first-order valence-electron chi connectivity index (χ1n) is 6.59. The Labute approximate surface area is 114 Å². The Morgan fingerprint density at radius 2 is 2.33 bits per heavy atom. The first-order chi connectivity index (χ1) is 8.74. The first-order valence-corrected chi connectivity index (χ1v) is 6.97. The van der Waals surface area contributed by atoms with Gasteiger partial charge in [-0.25, -0.2) is 0 Å². The van der Waals surface area contributed by atoms with Gasteiger partial charge < -0.3 is 15.4 Å². The third kappa shape index (κ3) is 3.16. The SMILES string of the molecule is CCC1CN(c2cc(Cl)ccc2CCN)CCO1. The van der Waals surface area contributed by atoms with Crippen molar-refractivity contribution in [2.45, 2.75) is 25.9 Å². The third-order valence-electron chi connectivity index (χ3n) is 3.40. The van der Waals surface area contributed by atoms with Gasteiger partial charge in [-0.2, -0.15) is 0 Å². The largest absolute Gasteiger partial charge is 0.375 e. The molecule has 2 rings (SSSR count). The topological polar surface area (TPSA) is 38.5 Å². The molecule has 1 aromatic rings. The van der Waals surface area contributed by atoms with Crippen molar-refractivity contribution in [2.75, 3.05) is 31.1 Å². The van der Waals surface area contributed by atoms with Gasteiger partial charge in [-0.3, -0.25) is 0 Å². The molecule has 4 heteroatoms. The molecule has 0 bridgehead atoms. The van der Waals surface area contributed by atoms with Crippen LogP contribution in [-0.2, 0) is 11.2 Å². The van der Waals surface area contributed by atoms with Gasteiger partial charge in [-0.15, -0.1) is 0 Å². The molecule has 1 aromatic carbocycles. The molecular formula is C14H21ClN2O. The Kier molecular flexibility index (Phi) is 4.87. The highest BCUT2D eigenvalue weighted by Crippen LogP contribution is 2.27. The van der Waals surface area contributed by atoms with Crippen LogP contribution in [0.2, 0.25) is 5.02 Å². The van der Waals surface area contributed by atoms with Crippen LogP contribution in [0.25, 0.3) is 0 Å². The quantitative estimate of drug-likeness (QED) is 0.912. The average Bonchev–Trinajstić information content (AvgIpc) is 2.41. The predicted molar refractivity (Wildman–Crippen MR) is 76.5 cm³/mol. The fourth-order valence-electron chi connectivity index (χ4n) is 2.38. The zero-order chi connectivity index (χ0) is 13.0. The lowest BCUT2D eigenvalue weighted by Crippen LogP contribution is -2.42. The minimum Gasteiger partial charge on any atom is -0.375 e. The molecule has 0 aromatic heterocycles. The van der Waals surface area contributed by atoms with Crippen LogP contribution in [0.5, 0.6) is 0 Å². The standard InChI is InChI=1S/C14H21ClN2O/c1-2-13-10-17(7-8-18-13)14-9-12(15)4-3-11(14)5-6-16/h3-4,9,13H,2,5-8,10,16H2,1H3. The van der Waals surface area contributed by atoms with Crippen LogP contribution in [0.15, 0.2) is 18.2 Å². The Morgan fingerprint density at radius 1 is 1.50 bits per heavy atom. The Bertz CT molecular complexity index is 397. The van der Waals surface area contributed by atoms with Gasteiger partial charge in [-0.1, -0.05) is 24.6 Å². The molecule has 1 unspecified atom stereocenters. The van der Waals surface area contributed by atoms with Crippen LogP contribution >= 0.6 is 11.6 Å². The van der Waals surface area contributed by atoms with E-state index in [1.807, 2.05) is 12.1 Å². The van der Waals surface area contributed by atoms with Crippen molar-refractivity contribution in [2.24, 2.45) is 5.73 Å². The Morgan fingerprint density at radius 3 is 3.06 bits per heavy atom. The molecule has 3 nitrogen and oxygen atoms in total. The van der Waals surface area contributed by atoms with Gasteiger partial charge in [0, 0.05) is 23.8 Å². The summed E-state index contributed by atoms with van der Waals surface area (Å²) >= 11 is 6.12. The molecule has 1 fully saturated rings. The van der Waals surface area contributed by atoms with Gasteiger partial charge >= 0.3 is 0 Å². The average molecular weight is 269 g/mol. The lowest BCUT2D eigenvalue weighted by molar-refractivity contribution is 0.0384. The van der Waals surface area contributed by atoms with Crippen molar-refractivity contribution in [1.82, 2.24) is 0 Å². The molecule has 0 radical (unpaired) electrons. The maximum atomic E-state index is 6.12. The number of halogens is 1. The van der Waals surface area contributed by atoms with Gasteiger partial charge in [0.15, 0.2) is 0 Å². The molecule has 2 N–H and O–H groups in total. The van der Waals surface area contributed by atoms with E-state index in [2.05, 4.69) is 17.9 Å². The van der Waals surface area contributed by atoms with E-state index in [1.165, 1.54) is 11.3 Å². The number of nitrogens with zero attached hydrogens (tertiary/aromatic N) is 1. The maximum absolute atomic E-state index is 6.12. The molecule has 0 saturated carbocycles. The lowest BCUT2D eigenvalue weighted by Gasteiger charge is -2.35. The first kappa shape index (κ1) is 13.7. The molecule has 1 saturated heterocycles. The van der Waals surface area contributed by atoms with Gasteiger partial charge in [0.05, 0.1) is 12.7 Å². The fourth-order valence-corrected chi connectivity index (χ4v) is 2.55. The fraction of sp³-hybridized carbons (Fsp3) is 0.571. The summed E-state index contributed by atoms with van der Waals surface area (Å²) in [7, 11) is 0. The minimum absolute atomic E-state index is 0.323. The van der Waals surface area contributed by atoms with Crippen molar-refractivity contribution >= 4 is 17.3 Å². The third-order valence-corrected chi connectivity index (χ3v) is 3.63. The smallest absolute Gasteiger partial charge is 0.0748 e.